The average Bonchev–Trinajstić information content (AvgIpc) is 2.64. The molecule has 5 heteroatoms. The van der Waals surface area contributed by atoms with Gasteiger partial charge in [-0.05, 0) is 47.5 Å². The molecule has 3 aliphatic rings. The van der Waals surface area contributed by atoms with Gasteiger partial charge in [0.05, 0.1) is 36.4 Å². The Labute approximate surface area is 126 Å². The van der Waals surface area contributed by atoms with Crippen molar-refractivity contribution in [2.24, 2.45) is 5.92 Å². The highest BCUT2D eigenvalue weighted by atomic mass is 16.7. The van der Waals surface area contributed by atoms with Crippen LogP contribution in [0.5, 0.6) is 0 Å². The summed E-state index contributed by atoms with van der Waals surface area (Å²) in [6.45, 7) is 11.5. The molecule has 21 heavy (non-hydrogen) atoms. The highest BCUT2D eigenvalue weighted by Gasteiger charge is 2.59. The van der Waals surface area contributed by atoms with E-state index >= 15 is 0 Å². The van der Waals surface area contributed by atoms with Gasteiger partial charge in [-0.2, -0.15) is 0 Å². The number of amides is 1. The van der Waals surface area contributed by atoms with Crippen LogP contribution in [0.3, 0.4) is 0 Å². The van der Waals surface area contributed by atoms with Crippen LogP contribution in [0, 0.1) is 5.92 Å². The number of carbonyl (C=O) groups excluding carboxylic acids is 1. The van der Waals surface area contributed by atoms with Crippen LogP contribution >= 0.6 is 0 Å². The number of carbonyl (C=O) groups is 1. The van der Waals surface area contributed by atoms with Crippen LogP contribution in [0.15, 0.2) is 0 Å². The molecule has 0 saturated carbocycles. The quantitative estimate of drug-likeness (QED) is 0.731. The van der Waals surface area contributed by atoms with E-state index in [4.69, 9.17) is 14.2 Å². The maximum Gasteiger partial charge on any atom is 0.230 e. The van der Waals surface area contributed by atoms with Gasteiger partial charge in [0.25, 0.3) is 0 Å². The van der Waals surface area contributed by atoms with E-state index in [1.165, 1.54) is 0 Å². The predicted octanol–water partition coefficient (Wildman–Crippen LogP) is 1.94. The summed E-state index contributed by atoms with van der Waals surface area (Å²) < 4.78 is 17.8. The summed E-state index contributed by atoms with van der Waals surface area (Å²) in [7, 11) is 0. The Morgan fingerprint density at radius 2 is 2.00 bits per heavy atom. The van der Waals surface area contributed by atoms with Gasteiger partial charge in [0.1, 0.15) is 0 Å². The van der Waals surface area contributed by atoms with Gasteiger partial charge in [-0.3, -0.25) is 4.79 Å². The Morgan fingerprint density at radius 1 is 1.29 bits per heavy atom. The Balaban J connectivity index is 1.72. The normalized spacial score (nSPS) is 39.1. The van der Waals surface area contributed by atoms with Crippen LogP contribution in [0.2, 0.25) is 0 Å². The van der Waals surface area contributed by atoms with Gasteiger partial charge < -0.3 is 19.1 Å². The van der Waals surface area contributed by atoms with E-state index in [9.17, 15) is 4.79 Å². The molecule has 0 aromatic carbocycles. The molecule has 0 aromatic rings. The fourth-order valence-electron chi connectivity index (χ4n) is 3.82. The highest BCUT2D eigenvalue weighted by Crippen LogP contribution is 2.43. The molecule has 3 heterocycles. The van der Waals surface area contributed by atoms with Crippen LogP contribution in [0.25, 0.3) is 0 Å². The van der Waals surface area contributed by atoms with E-state index < -0.39 is 5.79 Å². The first-order valence-electron chi connectivity index (χ1n) is 7.98. The predicted molar refractivity (Wildman–Crippen MR) is 77.8 cm³/mol. The van der Waals surface area contributed by atoms with Gasteiger partial charge in [-0.25, -0.2) is 0 Å². The van der Waals surface area contributed by atoms with Crippen molar-refractivity contribution in [1.82, 2.24) is 4.90 Å². The summed E-state index contributed by atoms with van der Waals surface area (Å²) in [4.78, 5) is 14.4. The lowest BCUT2D eigenvalue weighted by molar-refractivity contribution is -0.291. The number of rotatable bonds is 2. The molecule has 1 amide bonds. The molecule has 0 aliphatic carbocycles. The third-order valence-corrected chi connectivity index (χ3v) is 4.52. The van der Waals surface area contributed by atoms with Gasteiger partial charge in [-0.1, -0.05) is 0 Å². The van der Waals surface area contributed by atoms with Crippen molar-refractivity contribution >= 4 is 5.91 Å². The van der Waals surface area contributed by atoms with E-state index in [1.807, 2.05) is 18.7 Å². The number of hydrogen-bond acceptors (Lipinski definition) is 4. The summed E-state index contributed by atoms with van der Waals surface area (Å²) in [5, 5.41) is 0. The van der Waals surface area contributed by atoms with E-state index in [2.05, 4.69) is 20.8 Å². The van der Waals surface area contributed by atoms with Crippen molar-refractivity contribution in [3.8, 4) is 0 Å². The molecular formula is C16H27NO4. The first-order valence-corrected chi connectivity index (χ1v) is 7.98. The maximum atomic E-state index is 12.4. The summed E-state index contributed by atoms with van der Waals surface area (Å²) in [5.74, 6) is -0.437. The van der Waals surface area contributed by atoms with Crippen molar-refractivity contribution in [3.05, 3.63) is 0 Å². The molecule has 0 aromatic heterocycles. The van der Waals surface area contributed by atoms with Crippen molar-refractivity contribution in [3.63, 3.8) is 0 Å². The van der Waals surface area contributed by atoms with Gasteiger partial charge in [-0.15, -0.1) is 0 Å². The second-order valence-corrected chi connectivity index (χ2v) is 7.80. The first kappa shape index (κ1) is 15.3. The zero-order valence-electron chi connectivity index (χ0n) is 13.7. The number of nitrogens with zero attached hydrogens (tertiary/aromatic N) is 1. The lowest BCUT2D eigenvalue weighted by Gasteiger charge is -2.51. The summed E-state index contributed by atoms with van der Waals surface area (Å²) in [6.07, 6.45) is 1.79. The highest BCUT2D eigenvalue weighted by molar-refractivity contribution is 5.87. The second kappa shape index (κ2) is 4.93. The molecule has 120 valence electrons. The van der Waals surface area contributed by atoms with Crippen molar-refractivity contribution in [2.45, 2.75) is 77.1 Å². The minimum atomic E-state index is -0.595. The smallest absolute Gasteiger partial charge is 0.230 e. The first-order chi connectivity index (χ1) is 9.68. The van der Waals surface area contributed by atoms with Crippen molar-refractivity contribution in [1.29, 1.82) is 0 Å². The lowest BCUT2D eigenvalue weighted by atomic mass is 9.80. The van der Waals surface area contributed by atoms with Crippen LogP contribution in [0.4, 0.5) is 0 Å². The summed E-state index contributed by atoms with van der Waals surface area (Å²) in [6, 6.07) is 0.177. The largest absolute Gasteiger partial charge is 0.370 e. The molecule has 3 rings (SSSR count). The molecule has 3 saturated heterocycles. The zero-order valence-corrected chi connectivity index (χ0v) is 13.7. The second-order valence-electron chi connectivity index (χ2n) is 7.80. The molecule has 3 fully saturated rings. The molecule has 0 unspecified atom stereocenters. The van der Waals surface area contributed by atoms with Crippen LogP contribution in [-0.2, 0) is 19.0 Å². The van der Waals surface area contributed by atoms with Crippen LogP contribution in [0.1, 0.15) is 47.5 Å². The van der Waals surface area contributed by atoms with Gasteiger partial charge in [0, 0.05) is 6.54 Å². The van der Waals surface area contributed by atoms with E-state index in [1.54, 1.807) is 0 Å². The SMILES string of the molecule is CC(C)(C)O[C@H]1CCN2C(=O)[C@H]([C@H]3CCOC(C)(C)O3)[C@H]12. The molecule has 0 spiro atoms. The van der Waals surface area contributed by atoms with Gasteiger partial charge >= 0.3 is 0 Å². The van der Waals surface area contributed by atoms with Crippen molar-refractivity contribution in [2.75, 3.05) is 13.2 Å². The third-order valence-electron chi connectivity index (χ3n) is 4.52. The number of fused-ring (bicyclic) bond motifs is 1. The minimum Gasteiger partial charge on any atom is -0.370 e. The average molecular weight is 297 g/mol. The third kappa shape index (κ3) is 2.83. The number of hydrogen-bond donors (Lipinski definition) is 0. The molecule has 5 nitrogen and oxygen atoms in total. The Kier molecular flexibility index (Phi) is 3.58. The summed E-state index contributed by atoms with van der Waals surface area (Å²) in [5.41, 5.74) is -0.181. The van der Waals surface area contributed by atoms with Crippen molar-refractivity contribution < 1.29 is 19.0 Å². The lowest BCUT2D eigenvalue weighted by Crippen LogP contribution is -2.66. The molecule has 0 bridgehead atoms. The van der Waals surface area contributed by atoms with E-state index in [0.717, 1.165) is 19.4 Å². The van der Waals surface area contributed by atoms with Gasteiger partial charge in [0.2, 0.25) is 5.91 Å². The maximum absolute atomic E-state index is 12.4. The Morgan fingerprint density at radius 3 is 2.62 bits per heavy atom. The van der Waals surface area contributed by atoms with E-state index in [0.29, 0.717) is 6.61 Å². The molecular weight excluding hydrogens is 270 g/mol. The van der Waals surface area contributed by atoms with Crippen LogP contribution in [-0.4, -0.2) is 53.6 Å². The standard InChI is InChI=1S/C16H27NO4/c1-15(2,3)20-11-6-8-17-13(11)12(14(17)18)10-7-9-19-16(4,5)21-10/h10-13H,6-9H2,1-5H3/t10-,11+,12-,13+/m1/s1. The minimum absolute atomic E-state index is 0.0494. The topological polar surface area (TPSA) is 48.0 Å². The summed E-state index contributed by atoms with van der Waals surface area (Å²) >= 11 is 0. The van der Waals surface area contributed by atoms with E-state index in [-0.39, 0.29) is 35.7 Å². The molecule has 4 atom stereocenters. The number of ether oxygens (including phenoxy) is 3. The fourth-order valence-corrected chi connectivity index (χ4v) is 3.82. The monoisotopic (exact) mass is 297 g/mol. The van der Waals surface area contributed by atoms with Crippen LogP contribution < -0.4 is 0 Å². The van der Waals surface area contributed by atoms with Gasteiger partial charge in [0.15, 0.2) is 5.79 Å². The Bertz CT molecular complexity index is 428. The fraction of sp³-hybridized carbons (Fsp3) is 0.938. The zero-order chi connectivity index (χ0) is 15.4. The molecule has 3 aliphatic heterocycles. The molecule has 0 radical (unpaired) electrons. The Hall–Kier alpha value is -0.650. The molecule has 0 N–H and O–H groups in total. The number of β-lactam (4-membered cyclic amide) rings is 1.